The summed E-state index contributed by atoms with van der Waals surface area (Å²) in [6.45, 7) is 6.73. The van der Waals surface area contributed by atoms with Gasteiger partial charge < -0.3 is 23.9 Å². The average molecular weight is 534 g/mol. The molecule has 2 atom stereocenters. The Balaban J connectivity index is 1.62. The zero-order chi connectivity index (χ0) is 26.2. The summed E-state index contributed by atoms with van der Waals surface area (Å²) in [5.74, 6) is -0.332. The molecule has 2 unspecified atom stereocenters. The molecule has 2 aromatic heterocycles. The summed E-state index contributed by atoms with van der Waals surface area (Å²) in [5, 5.41) is 3.35. The van der Waals surface area contributed by atoms with Gasteiger partial charge in [-0.15, -0.1) is 0 Å². The highest BCUT2D eigenvalue weighted by molar-refractivity contribution is 6.31. The molecule has 3 rings (SSSR count). The van der Waals surface area contributed by atoms with Crippen molar-refractivity contribution < 1.29 is 28.2 Å². The van der Waals surface area contributed by atoms with E-state index in [2.05, 4.69) is 15.3 Å². The number of fused-ring (bicyclic) bond motifs is 1. The van der Waals surface area contributed by atoms with Gasteiger partial charge in [0.2, 0.25) is 0 Å². The first-order valence-electron chi connectivity index (χ1n) is 11.0. The van der Waals surface area contributed by atoms with Gasteiger partial charge in [-0.2, -0.15) is 4.98 Å². The number of ether oxygens (including phenoxy) is 3. The second-order valence-electron chi connectivity index (χ2n) is 7.57. The summed E-state index contributed by atoms with van der Waals surface area (Å²) < 4.78 is 21.9. The zero-order valence-electron chi connectivity index (χ0n) is 20.1. The normalized spacial score (nSPS) is 13.7. The number of carbonyl (C=O) groups is 2. The van der Waals surface area contributed by atoms with Crippen molar-refractivity contribution >= 4 is 46.2 Å². The van der Waals surface area contributed by atoms with Crippen molar-refractivity contribution in [3.63, 3.8) is 0 Å². The molecule has 190 valence electrons. The Morgan fingerprint density at radius 1 is 1.17 bits per heavy atom. The van der Waals surface area contributed by atoms with Crippen LogP contribution < -0.4 is 10.1 Å². The molecular weight excluding hydrogens is 509 g/mol. The lowest BCUT2D eigenvalue weighted by Crippen LogP contribution is -2.41. The highest BCUT2D eigenvalue weighted by Gasteiger charge is 2.29. The van der Waals surface area contributed by atoms with Gasteiger partial charge in [0, 0.05) is 17.3 Å². The first-order valence-corrected chi connectivity index (χ1v) is 11.8. The number of aromatic nitrogens is 2. The monoisotopic (exact) mass is 533 g/mol. The minimum atomic E-state index is -1.18. The summed E-state index contributed by atoms with van der Waals surface area (Å²) >= 11 is 12.1. The minimum Gasteiger partial charge on any atom is -0.486 e. The van der Waals surface area contributed by atoms with E-state index < -0.39 is 24.0 Å². The number of amides is 1. The number of oxazole rings is 1. The van der Waals surface area contributed by atoms with Crippen molar-refractivity contribution in [2.24, 2.45) is 0 Å². The van der Waals surface area contributed by atoms with E-state index in [1.165, 1.54) is 6.20 Å². The fraction of sp³-hybridized carbons (Fsp3) is 0.280. The number of carbonyl (C=O) groups excluding carboxylic acids is 2. The van der Waals surface area contributed by atoms with Crippen molar-refractivity contribution in [1.29, 1.82) is 0 Å². The van der Waals surface area contributed by atoms with Gasteiger partial charge in [0.15, 0.2) is 17.7 Å². The number of hydrogen-bond acceptors (Lipinski definition) is 8. The topological polar surface area (TPSA) is 113 Å². The molecule has 0 aliphatic rings. The summed E-state index contributed by atoms with van der Waals surface area (Å²) in [5.41, 5.74) is 1.31. The molecule has 0 saturated carbocycles. The largest absolute Gasteiger partial charge is 0.486 e. The Bertz CT molecular complexity index is 1300. The molecule has 0 bridgehead atoms. The fourth-order valence-electron chi connectivity index (χ4n) is 3.03. The average Bonchev–Trinajstić information content (AvgIpc) is 3.22. The van der Waals surface area contributed by atoms with Crippen LogP contribution in [0.5, 0.6) is 6.08 Å². The number of rotatable bonds is 10. The lowest BCUT2D eigenvalue weighted by Gasteiger charge is -2.21. The second-order valence-corrected chi connectivity index (χ2v) is 8.42. The summed E-state index contributed by atoms with van der Waals surface area (Å²) in [6, 6.07) is 7.10. The van der Waals surface area contributed by atoms with Gasteiger partial charge in [-0.05, 0) is 64.1 Å². The molecule has 0 aliphatic carbocycles. The molecular formula is C25H25Cl2N3O6. The molecule has 0 fully saturated rings. The standard InChI is InChI=1S/C25H25Cl2N3O6/c1-5-33-24(32)22(21-18(27)7-6-12-28-21)30-23(31)16(4)34-14(2)8-9-15(3)35-25-29-19-11-10-17(26)13-20(19)36-25/h6-13,16,22H,5H2,1-4H3,(H,30,31)/b14-8+,15-9+. The van der Waals surface area contributed by atoms with Crippen molar-refractivity contribution in [1.82, 2.24) is 15.3 Å². The maximum Gasteiger partial charge on any atom is 0.399 e. The van der Waals surface area contributed by atoms with E-state index in [1.54, 1.807) is 70.2 Å². The van der Waals surface area contributed by atoms with E-state index in [0.717, 1.165) is 0 Å². The minimum absolute atomic E-state index is 0.0684. The van der Waals surface area contributed by atoms with E-state index in [0.29, 0.717) is 27.6 Å². The molecule has 1 amide bonds. The van der Waals surface area contributed by atoms with Crippen LogP contribution in [0.25, 0.3) is 11.1 Å². The highest BCUT2D eigenvalue weighted by Crippen LogP contribution is 2.25. The second kappa shape index (κ2) is 12.4. The van der Waals surface area contributed by atoms with Crippen LogP contribution in [0.1, 0.15) is 39.4 Å². The molecule has 0 radical (unpaired) electrons. The third kappa shape index (κ3) is 7.22. The fourth-order valence-corrected chi connectivity index (χ4v) is 3.43. The molecule has 0 saturated heterocycles. The van der Waals surface area contributed by atoms with Gasteiger partial charge in [-0.3, -0.25) is 9.78 Å². The molecule has 0 aliphatic heterocycles. The Morgan fingerprint density at radius 3 is 2.64 bits per heavy atom. The van der Waals surface area contributed by atoms with E-state index in [4.69, 9.17) is 41.8 Å². The number of esters is 1. The predicted octanol–water partition coefficient (Wildman–Crippen LogP) is 5.54. The van der Waals surface area contributed by atoms with Gasteiger partial charge in [-0.1, -0.05) is 23.2 Å². The van der Waals surface area contributed by atoms with Crippen molar-refractivity contribution in [2.75, 3.05) is 6.61 Å². The first kappa shape index (κ1) is 27.0. The Morgan fingerprint density at radius 2 is 1.92 bits per heavy atom. The summed E-state index contributed by atoms with van der Waals surface area (Å²) in [4.78, 5) is 33.6. The summed E-state index contributed by atoms with van der Waals surface area (Å²) in [6.07, 6.45) is 3.86. The number of nitrogens with one attached hydrogen (secondary N) is 1. The number of halogens is 2. The third-order valence-corrected chi connectivity index (χ3v) is 5.29. The number of pyridine rings is 1. The Hall–Kier alpha value is -3.56. The Kier molecular flexibility index (Phi) is 9.32. The smallest absolute Gasteiger partial charge is 0.399 e. The van der Waals surface area contributed by atoms with Gasteiger partial charge >= 0.3 is 12.0 Å². The van der Waals surface area contributed by atoms with Crippen LogP contribution in [-0.4, -0.2) is 34.6 Å². The van der Waals surface area contributed by atoms with Crippen molar-refractivity contribution in [3.05, 3.63) is 75.9 Å². The van der Waals surface area contributed by atoms with Crippen LogP contribution in [-0.2, 0) is 19.1 Å². The predicted molar refractivity (Wildman–Crippen MR) is 134 cm³/mol. The lowest BCUT2D eigenvalue weighted by atomic mass is 10.1. The number of nitrogens with zero attached hydrogens (tertiary/aromatic N) is 2. The molecule has 36 heavy (non-hydrogen) atoms. The first-order chi connectivity index (χ1) is 17.2. The zero-order valence-corrected chi connectivity index (χ0v) is 21.6. The van der Waals surface area contributed by atoms with Gasteiger partial charge in [-0.25, -0.2) is 4.79 Å². The van der Waals surface area contributed by atoms with Crippen molar-refractivity contribution in [2.45, 2.75) is 39.8 Å². The molecule has 1 aromatic carbocycles. The number of hydrogen-bond donors (Lipinski definition) is 1. The number of allylic oxidation sites excluding steroid dienone is 4. The molecule has 1 N–H and O–H groups in total. The van der Waals surface area contributed by atoms with Gasteiger partial charge in [0.25, 0.3) is 5.91 Å². The lowest BCUT2D eigenvalue weighted by molar-refractivity contribution is -0.148. The van der Waals surface area contributed by atoms with Crippen LogP contribution in [0, 0.1) is 0 Å². The molecule has 9 nitrogen and oxygen atoms in total. The van der Waals surface area contributed by atoms with Crippen LogP contribution in [0.4, 0.5) is 0 Å². The van der Waals surface area contributed by atoms with E-state index in [-0.39, 0.29) is 23.4 Å². The molecule has 11 heteroatoms. The van der Waals surface area contributed by atoms with Crippen molar-refractivity contribution in [3.8, 4) is 6.08 Å². The number of benzene rings is 1. The van der Waals surface area contributed by atoms with Crippen LogP contribution in [0.2, 0.25) is 10.0 Å². The molecule has 0 spiro atoms. The van der Waals surface area contributed by atoms with Crippen LogP contribution in [0.15, 0.2) is 64.6 Å². The highest BCUT2D eigenvalue weighted by atomic mass is 35.5. The maximum atomic E-state index is 12.8. The Labute approximate surface area is 218 Å². The maximum absolute atomic E-state index is 12.8. The van der Waals surface area contributed by atoms with E-state index >= 15 is 0 Å². The van der Waals surface area contributed by atoms with Gasteiger partial charge in [0.05, 0.1) is 23.1 Å². The van der Waals surface area contributed by atoms with E-state index in [9.17, 15) is 9.59 Å². The quantitative estimate of drug-likeness (QED) is 0.205. The summed E-state index contributed by atoms with van der Waals surface area (Å²) in [7, 11) is 0. The third-order valence-electron chi connectivity index (χ3n) is 4.73. The van der Waals surface area contributed by atoms with Crippen LogP contribution >= 0.6 is 23.2 Å². The molecule has 3 aromatic rings. The van der Waals surface area contributed by atoms with Gasteiger partial charge in [0.1, 0.15) is 11.3 Å². The van der Waals surface area contributed by atoms with E-state index in [1.807, 2.05) is 0 Å². The molecule has 2 heterocycles. The van der Waals surface area contributed by atoms with Crippen LogP contribution in [0.3, 0.4) is 0 Å². The SMILES string of the molecule is CCOC(=O)C(NC(=O)C(C)O/C(C)=C/C=C(\C)Oc1nc2ccc(Cl)cc2o1)c1ncccc1Cl.